The molecule has 2 aromatic rings. The molecule has 1 aliphatic heterocycles. The van der Waals surface area contributed by atoms with Crippen LogP contribution in [0.25, 0.3) is 0 Å². The van der Waals surface area contributed by atoms with Crippen molar-refractivity contribution in [3.8, 4) is 24.3 Å². The van der Waals surface area contributed by atoms with E-state index in [-0.39, 0.29) is 34.2 Å². The Bertz CT molecular complexity index is 1170. The number of nitrogens with one attached hydrogen (secondary N) is 1. The number of rotatable bonds is 2. The van der Waals surface area contributed by atoms with Gasteiger partial charge in [0.2, 0.25) is 0 Å². The fourth-order valence-corrected chi connectivity index (χ4v) is 3.41. The smallest absolute Gasteiger partial charge is 0.173 e. The number of nitrogens with two attached hydrogens (primary N) is 2. The summed E-state index contributed by atoms with van der Waals surface area (Å²) in [6.45, 7) is 0. The number of nitriles is 4. The average Bonchev–Trinajstić information content (AvgIpc) is 2.68. The highest BCUT2D eigenvalue weighted by Gasteiger charge is 2.37. The van der Waals surface area contributed by atoms with Gasteiger partial charge >= 0.3 is 0 Å². The van der Waals surface area contributed by atoms with Crippen molar-refractivity contribution in [3.05, 3.63) is 57.2 Å². The SMILES string of the molecule is N#CC1=C(C(C#N)C#N)Nc2nc(N)c(C#N)c(N)c2C1c1ccccc1Cl. The number of hydrogen-bond donors (Lipinski definition) is 3. The number of allylic oxidation sites excluding steroid dienone is 2. The molecule has 1 aromatic carbocycles. The normalized spacial score (nSPS) is 14.9. The predicted octanol–water partition coefficient (Wildman–Crippen LogP) is 2.77. The molecule has 134 valence electrons. The van der Waals surface area contributed by atoms with Crippen LogP contribution >= 0.6 is 11.6 Å². The van der Waals surface area contributed by atoms with E-state index in [1.807, 2.05) is 18.2 Å². The molecule has 1 atom stereocenters. The number of fused-ring (bicyclic) bond motifs is 1. The highest BCUT2D eigenvalue weighted by atomic mass is 35.5. The summed E-state index contributed by atoms with van der Waals surface area (Å²) in [6.07, 6.45) is 0. The number of aromatic nitrogens is 1. The Labute approximate surface area is 165 Å². The second kappa shape index (κ2) is 7.17. The summed E-state index contributed by atoms with van der Waals surface area (Å²) in [4.78, 5) is 4.18. The summed E-state index contributed by atoms with van der Waals surface area (Å²) in [6, 6.07) is 14.5. The first-order chi connectivity index (χ1) is 13.5. The molecule has 5 N–H and O–H groups in total. The lowest BCUT2D eigenvalue weighted by Gasteiger charge is -2.31. The molecule has 1 aromatic heterocycles. The van der Waals surface area contributed by atoms with Gasteiger partial charge in [-0.2, -0.15) is 21.0 Å². The monoisotopic (exact) mass is 386 g/mol. The minimum Gasteiger partial charge on any atom is -0.397 e. The zero-order valence-electron chi connectivity index (χ0n) is 14.2. The Kier molecular flexibility index (Phi) is 4.75. The highest BCUT2D eigenvalue weighted by molar-refractivity contribution is 6.31. The molecule has 1 aliphatic rings. The minimum atomic E-state index is -1.24. The zero-order chi connectivity index (χ0) is 20.4. The van der Waals surface area contributed by atoms with Crippen LogP contribution in [0.1, 0.15) is 22.6 Å². The second-order valence-corrected chi connectivity index (χ2v) is 6.28. The Morgan fingerprint density at radius 3 is 2.32 bits per heavy atom. The quantitative estimate of drug-likeness (QED) is 0.706. The summed E-state index contributed by atoms with van der Waals surface area (Å²) < 4.78 is 0. The Balaban J connectivity index is 2.44. The van der Waals surface area contributed by atoms with Crippen molar-refractivity contribution in [1.82, 2.24) is 4.98 Å². The van der Waals surface area contributed by atoms with E-state index in [9.17, 15) is 21.0 Å². The Hall–Kier alpha value is -4.24. The molecular formula is C19H11ClN8. The van der Waals surface area contributed by atoms with Gasteiger partial charge in [0, 0.05) is 10.6 Å². The van der Waals surface area contributed by atoms with Crippen molar-refractivity contribution < 1.29 is 0 Å². The van der Waals surface area contributed by atoms with Crippen LogP contribution in [0.5, 0.6) is 0 Å². The lowest BCUT2D eigenvalue weighted by atomic mass is 9.79. The summed E-state index contributed by atoms with van der Waals surface area (Å²) >= 11 is 6.37. The van der Waals surface area contributed by atoms with Crippen molar-refractivity contribution in [3.63, 3.8) is 0 Å². The van der Waals surface area contributed by atoms with Gasteiger partial charge in [-0.25, -0.2) is 4.98 Å². The molecule has 0 aliphatic carbocycles. The second-order valence-electron chi connectivity index (χ2n) is 5.87. The minimum absolute atomic E-state index is 0.0181. The van der Waals surface area contributed by atoms with Gasteiger partial charge < -0.3 is 16.8 Å². The first kappa shape index (κ1) is 18.5. The molecule has 0 amide bonds. The van der Waals surface area contributed by atoms with Crippen molar-refractivity contribution in [1.29, 1.82) is 21.0 Å². The number of hydrogen-bond acceptors (Lipinski definition) is 8. The lowest BCUT2D eigenvalue weighted by molar-refractivity contribution is 0.870. The summed E-state index contributed by atoms with van der Waals surface area (Å²) in [7, 11) is 0. The summed E-state index contributed by atoms with van der Waals surface area (Å²) in [5, 5.41) is 41.1. The maximum Gasteiger partial charge on any atom is 0.173 e. The molecule has 0 spiro atoms. The fourth-order valence-electron chi connectivity index (χ4n) is 3.17. The molecule has 0 bridgehead atoms. The van der Waals surface area contributed by atoms with E-state index in [1.165, 1.54) is 0 Å². The molecule has 0 saturated carbocycles. The first-order valence-electron chi connectivity index (χ1n) is 7.92. The van der Waals surface area contributed by atoms with Gasteiger partial charge in [-0.05, 0) is 11.6 Å². The number of benzene rings is 1. The van der Waals surface area contributed by atoms with Crippen LogP contribution in [0.4, 0.5) is 17.3 Å². The largest absolute Gasteiger partial charge is 0.397 e. The predicted molar refractivity (Wildman–Crippen MR) is 102 cm³/mol. The highest BCUT2D eigenvalue weighted by Crippen LogP contribution is 2.47. The van der Waals surface area contributed by atoms with Gasteiger partial charge in [0.15, 0.2) is 5.92 Å². The molecule has 9 heteroatoms. The van der Waals surface area contributed by atoms with E-state index in [0.717, 1.165) is 0 Å². The molecule has 0 radical (unpaired) electrons. The number of anilines is 3. The van der Waals surface area contributed by atoms with E-state index in [1.54, 1.807) is 24.3 Å². The van der Waals surface area contributed by atoms with Crippen LogP contribution < -0.4 is 16.8 Å². The van der Waals surface area contributed by atoms with Gasteiger partial charge in [-0.15, -0.1) is 0 Å². The van der Waals surface area contributed by atoms with Gasteiger partial charge in [0.1, 0.15) is 23.3 Å². The van der Waals surface area contributed by atoms with Crippen molar-refractivity contribution >= 4 is 28.9 Å². The number of halogens is 1. The van der Waals surface area contributed by atoms with Gasteiger partial charge in [0.25, 0.3) is 0 Å². The van der Waals surface area contributed by atoms with Gasteiger partial charge in [-0.1, -0.05) is 29.8 Å². The maximum absolute atomic E-state index is 9.86. The molecule has 0 saturated heterocycles. The van der Waals surface area contributed by atoms with E-state index in [4.69, 9.17) is 23.1 Å². The maximum atomic E-state index is 9.86. The standard InChI is InChI=1S/C19H11ClN8/c20-13-4-2-1-3-10(13)14-11(7-23)17(9(5-21)6-22)27-19-15(14)16(25)12(8-24)18(26)28-19/h1-4,9,14H,(H5,25,26,27,28). The number of pyridine rings is 1. The Morgan fingerprint density at radius 2 is 1.75 bits per heavy atom. The molecule has 8 nitrogen and oxygen atoms in total. The van der Waals surface area contributed by atoms with Crippen LogP contribution in [0.15, 0.2) is 35.5 Å². The third kappa shape index (κ3) is 2.72. The van der Waals surface area contributed by atoms with E-state index >= 15 is 0 Å². The molecule has 0 fully saturated rings. The van der Waals surface area contributed by atoms with Gasteiger partial charge in [-0.3, -0.25) is 0 Å². The van der Waals surface area contributed by atoms with Gasteiger partial charge in [0.05, 0.1) is 41.1 Å². The van der Waals surface area contributed by atoms with Crippen LogP contribution in [0.3, 0.4) is 0 Å². The molecule has 2 heterocycles. The van der Waals surface area contributed by atoms with E-state index in [0.29, 0.717) is 16.1 Å². The molecule has 28 heavy (non-hydrogen) atoms. The molecule has 3 rings (SSSR count). The van der Waals surface area contributed by atoms with Crippen molar-refractivity contribution in [2.45, 2.75) is 5.92 Å². The molecular weight excluding hydrogens is 376 g/mol. The average molecular weight is 387 g/mol. The van der Waals surface area contributed by atoms with Crippen LogP contribution in [0, 0.1) is 51.2 Å². The van der Waals surface area contributed by atoms with Crippen LogP contribution in [-0.2, 0) is 0 Å². The topological polar surface area (TPSA) is 172 Å². The van der Waals surface area contributed by atoms with Crippen molar-refractivity contribution in [2.24, 2.45) is 5.92 Å². The number of nitrogens with zero attached hydrogens (tertiary/aromatic N) is 5. The van der Waals surface area contributed by atoms with Crippen LogP contribution in [0.2, 0.25) is 5.02 Å². The lowest BCUT2D eigenvalue weighted by Crippen LogP contribution is -2.25. The fraction of sp³-hybridized carbons (Fsp3) is 0.105. The summed E-state index contributed by atoms with van der Waals surface area (Å²) in [5.74, 6) is -2.00. The zero-order valence-corrected chi connectivity index (χ0v) is 15.0. The van der Waals surface area contributed by atoms with E-state index in [2.05, 4.69) is 16.4 Å². The summed E-state index contributed by atoms with van der Waals surface area (Å²) in [5.41, 5.74) is 13.1. The Morgan fingerprint density at radius 1 is 1.07 bits per heavy atom. The van der Waals surface area contributed by atoms with E-state index < -0.39 is 11.8 Å². The third-order valence-corrected chi connectivity index (χ3v) is 4.76. The molecule has 1 unspecified atom stereocenters. The first-order valence-corrected chi connectivity index (χ1v) is 8.30. The number of nitrogen functional groups attached to an aromatic ring is 2. The third-order valence-electron chi connectivity index (χ3n) is 4.42. The van der Waals surface area contributed by atoms with Crippen molar-refractivity contribution in [2.75, 3.05) is 16.8 Å². The van der Waals surface area contributed by atoms with Crippen LogP contribution in [-0.4, -0.2) is 4.98 Å².